The van der Waals surface area contributed by atoms with Gasteiger partial charge in [0.2, 0.25) is 0 Å². The highest BCUT2D eigenvalue weighted by Gasteiger charge is 2.06. The maximum absolute atomic E-state index is 11.0. The van der Waals surface area contributed by atoms with Crippen LogP contribution >= 0.6 is 11.8 Å². The van der Waals surface area contributed by atoms with Crippen molar-refractivity contribution in [2.45, 2.75) is 5.16 Å². The van der Waals surface area contributed by atoms with Crippen LogP contribution in [0.25, 0.3) is 22.1 Å². The first-order valence-electron chi connectivity index (χ1n) is 4.33. The zero-order valence-electron chi connectivity index (χ0n) is 7.83. The molecule has 0 bridgehead atoms. The molecule has 0 unspecified atom stereocenters. The van der Waals surface area contributed by atoms with Crippen molar-refractivity contribution in [2.24, 2.45) is 0 Å². The number of H-pyrrole nitrogens is 2. The van der Waals surface area contributed by atoms with Crippen LogP contribution in [0.15, 0.2) is 26.5 Å². The van der Waals surface area contributed by atoms with Gasteiger partial charge in [0.15, 0.2) is 10.7 Å². The van der Waals surface area contributed by atoms with E-state index in [9.17, 15) is 4.79 Å². The van der Waals surface area contributed by atoms with Gasteiger partial charge in [-0.25, -0.2) is 9.78 Å². The van der Waals surface area contributed by atoms with Crippen molar-refractivity contribution in [3.63, 3.8) is 0 Å². The molecule has 0 radical (unpaired) electrons. The van der Waals surface area contributed by atoms with Crippen molar-refractivity contribution in [1.29, 1.82) is 0 Å². The van der Waals surface area contributed by atoms with E-state index in [1.165, 1.54) is 11.8 Å². The van der Waals surface area contributed by atoms with Crippen LogP contribution in [-0.2, 0) is 0 Å². The number of hydrogen-bond donors (Lipinski definition) is 2. The number of oxazole rings is 1. The summed E-state index contributed by atoms with van der Waals surface area (Å²) in [6.07, 6.45) is 1.95. The van der Waals surface area contributed by atoms with Gasteiger partial charge in [-0.1, -0.05) is 11.8 Å². The van der Waals surface area contributed by atoms with E-state index in [0.717, 1.165) is 16.2 Å². The van der Waals surface area contributed by atoms with Gasteiger partial charge in [-0.15, -0.1) is 0 Å². The first-order chi connectivity index (χ1) is 7.26. The second-order valence-electron chi connectivity index (χ2n) is 3.13. The number of aromatic amines is 2. The lowest BCUT2D eigenvalue weighted by Gasteiger charge is -1.86. The van der Waals surface area contributed by atoms with E-state index < -0.39 is 5.76 Å². The van der Waals surface area contributed by atoms with Crippen LogP contribution in [0.2, 0.25) is 0 Å². The number of rotatable bonds is 1. The third kappa shape index (κ3) is 1.25. The molecule has 76 valence electrons. The van der Waals surface area contributed by atoms with Crippen molar-refractivity contribution < 1.29 is 4.42 Å². The third-order valence-corrected chi connectivity index (χ3v) is 2.77. The number of hydrogen-bond acceptors (Lipinski definition) is 4. The Kier molecular flexibility index (Phi) is 1.66. The van der Waals surface area contributed by atoms with Gasteiger partial charge >= 0.3 is 5.76 Å². The third-order valence-electron chi connectivity index (χ3n) is 2.19. The molecule has 2 aromatic heterocycles. The Labute approximate surface area is 87.9 Å². The van der Waals surface area contributed by atoms with E-state index in [1.54, 1.807) is 6.07 Å². The van der Waals surface area contributed by atoms with Crippen molar-refractivity contribution >= 4 is 33.9 Å². The lowest BCUT2D eigenvalue weighted by Crippen LogP contribution is -1.92. The minimum atomic E-state index is -0.442. The molecule has 3 rings (SSSR count). The number of nitrogens with zero attached hydrogens (tertiary/aromatic N) is 1. The van der Waals surface area contributed by atoms with Crippen LogP contribution in [0.3, 0.4) is 0 Å². The summed E-state index contributed by atoms with van der Waals surface area (Å²) in [6.45, 7) is 0. The first-order valence-corrected chi connectivity index (χ1v) is 5.55. The summed E-state index contributed by atoms with van der Waals surface area (Å²) in [5.41, 5.74) is 2.91. The molecular weight excluding hydrogens is 214 g/mol. The van der Waals surface area contributed by atoms with Crippen LogP contribution < -0.4 is 5.76 Å². The minimum Gasteiger partial charge on any atom is -0.408 e. The van der Waals surface area contributed by atoms with E-state index >= 15 is 0 Å². The number of benzene rings is 1. The molecule has 0 saturated heterocycles. The number of aromatic nitrogens is 3. The number of thioether (sulfide) groups is 1. The Bertz CT molecular complexity index is 640. The van der Waals surface area contributed by atoms with Gasteiger partial charge in [0.25, 0.3) is 0 Å². The Hall–Kier alpha value is -1.69. The van der Waals surface area contributed by atoms with Crippen molar-refractivity contribution in [1.82, 2.24) is 15.0 Å². The van der Waals surface area contributed by atoms with Crippen molar-refractivity contribution in [2.75, 3.05) is 6.26 Å². The van der Waals surface area contributed by atoms with Gasteiger partial charge in [0, 0.05) is 6.07 Å². The fourth-order valence-corrected chi connectivity index (χ4v) is 1.93. The van der Waals surface area contributed by atoms with E-state index in [1.807, 2.05) is 12.3 Å². The fraction of sp³-hybridized carbons (Fsp3) is 0.111. The van der Waals surface area contributed by atoms with Gasteiger partial charge in [-0.3, -0.25) is 4.98 Å². The quantitative estimate of drug-likeness (QED) is 0.613. The summed E-state index contributed by atoms with van der Waals surface area (Å²) >= 11 is 1.54. The Morgan fingerprint density at radius 1 is 1.33 bits per heavy atom. The highest BCUT2D eigenvalue weighted by Crippen LogP contribution is 2.21. The molecule has 2 heterocycles. The Morgan fingerprint density at radius 2 is 2.20 bits per heavy atom. The predicted octanol–water partition coefficient (Wildman–Crippen LogP) is 1.72. The average Bonchev–Trinajstić information content (AvgIpc) is 2.74. The van der Waals surface area contributed by atoms with Crippen molar-refractivity contribution in [3.8, 4) is 0 Å². The van der Waals surface area contributed by atoms with E-state index in [0.29, 0.717) is 11.1 Å². The van der Waals surface area contributed by atoms with Gasteiger partial charge in [0.1, 0.15) is 0 Å². The molecule has 0 spiro atoms. The van der Waals surface area contributed by atoms with Gasteiger partial charge < -0.3 is 9.40 Å². The molecule has 0 aliphatic carbocycles. The second kappa shape index (κ2) is 2.90. The number of fused-ring (bicyclic) bond motifs is 2. The van der Waals surface area contributed by atoms with Crippen LogP contribution in [0.5, 0.6) is 0 Å². The zero-order chi connectivity index (χ0) is 10.4. The monoisotopic (exact) mass is 221 g/mol. The van der Waals surface area contributed by atoms with E-state index in [2.05, 4.69) is 15.0 Å². The van der Waals surface area contributed by atoms with Crippen LogP contribution in [0, 0.1) is 0 Å². The number of imidazole rings is 1. The molecule has 6 heteroatoms. The minimum absolute atomic E-state index is 0.442. The fourth-order valence-electron chi connectivity index (χ4n) is 1.53. The molecule has 0 atom stereocenters. The normalized spacial score (nSPS) is 11.5. The zero-order valence-corrected chi connectivity index (χ0v) is 8.64. The molecule has 5 nitrogen and oxygen atoms in total. The summed E-state index contributed by atoms with van der Waals surface area (Å²) in [5, 5.41) is 0.847. The van der Waals surface area contributed by atoms with Gasteiger partial charge in [-0.05, 0) is 12.3 Å². The van der Waals surface area contributed by atoms with Crippen LogP contribution in [0.1, 0.15) is 0 Å². The molecule has 0 aliphatic rings. The SMILES string of the molecule is CSc1nc2cc3oc(=O)[nH]c3cc2[nH]1. The smallest absolute Gasteiger partial charge is 0.408 e. The molecule has 0 saturated carbocycles. The first kappa shape index (κ1) is 8.60. The maximum Gasteiger partial charge on any atom is 0.417 e. The molecule has 2 N–H and O–H groups in total. The maximum atomic E-state index is 11.0. The van der Waals surface area contributed by atoms with Gasteiger partial charge in [-0.2, -0.15) is 0 Å². The second-order valence-corrected chi connectivity index (χ2v) is 3.92. The summed E-state index contributed by atoms with van der Waals surface area (Å²) < 4.78 is 4.95. The van der Waals surface area contributed by atoms with Gasteiger partial charge in [0.05, 0.1) is 16.6 Å². The standard InChI is InChI=1S/C9H7N3O2S/c1-15-8-10-4-2-6-7(3-5(4)11-8)14-9(13)12-6/h2-3H,1H3,(H,10,11)(H,12,13). The Morgan fingerprint density at radius 3 is 3.00 bits per heavy atom. The van der Waals surface area contributed by atoms with Crippen LogP contribution in [0.4, 0.5) is 0 Å². The highest BCUT2D eigenvalue weighted by atomic mass is 32.2. The summed E-state index contributed by atoms with van der Waals surface area (Å²) in [5.74, 6) is -0.442. The van der Waals surface area contributed by atoms with E-state index in [4.69, 9.17) is 4.42 Å². The molecule has 0 aliphatic heterocycles. The topological polar surface area (TPSA) is 74.7 Å². The molecule has 1 aromatic carbocycles. The molecule has 15 heavy (non-hydrogen) atoms. The highest BCUT2D eigenvalue weighted by molar-refractivity contribution is 7.98. The van der Waals surface area contributed by atoms with Crippen LogP contribution in [-0.4, -0.2) is 21.2 Å². The summed E-state index contributed by atoms with van der Waals surface area (Å²) in [6, 6.07) is 3.57. The molecule has 0 fully saturated rings. The molecule has 3 aromatic rings. The summed E-state index contributed by atoms with van der Waals surface area (Å²) in [4.78, 5) is 21.0. The average molecular weight is 221 g/mol. The largest absolute Gasteiger partial charge is 0.417 e. The Balaban J connectivity index is 2.42. The lowest BCUT2D eigenvalue weighted by atomic mass is 10.3. The predicted molar refractivity (Wildman–Crippen MR) is 58.3 cm³/mol. The molecule has 0 amide bonds. The molecular formula is C9H7N3O2S. The lowest BCUT2D eigenvalue weighted by molar-refractivity contribution is 0.555. The summed E-state index contributed by atoms with van der Waals surface area (Å²) in [7, 11) is 0. The number of nitrogens with one attached hydrogen (secondary N) is 2. The van der Waals surface area contributed by atoms with Crippen molar-refractivity contribution in [3.05, 3.63) is 22.7 Å². The van der Waals surface area contributed by atoms with E-state index in [-0.39, 0.29) is 0 Å².